The second-order valence-corrected chi connectivity index (χ2v) is 3.65. The van der Waals surface area contributed by atoms with Crippen molar-refractivity contribution in [3.05, 3.63) is 0 Å². The summed E-state index contributed by atoms with van der Waals surface area (Å²) in [5, 5.41) is 0. The van der Waals surface area contributed by atoms with Gasteiger partial charge < -0.3 is 10.5 Å². The fourth-order valence-electron chi connectivity index (χ4n) is 0.912. The molecule has 1 unspecified atom stereocenters. The van der Waals surface area contributed by atoms with Crippen LogP contribution in [0.15, 0.2) is 4.99 Å². The third kappa shape index (κ3) is 1.50. The maximum atomic E-state index is 11.0. The molecular weight excluding hydrogens is 144 g/mol. The van der Waals surface area contributed by atoms with E-state index in [1.165, 1.54) is 0 Å². The van der Waals surface area contributed by atoms with Crippen LogP contribution in [0.25, 0.3) is 0 Å². The second-order valence-electron chi connectivity index (χ2n) is 3.65. The normalized spacial score (nSPS) is 24.8. The molecule has 1 aliphatic rings. The van der Waals surface area contributed by atoms with E-state index in [2.05, 4.69) is 4.99 Å². The van der Waals surface area contributed by atoms with Crippen molar-refractivity contribution < 1.29 is 9.53 Å². The molecule has 0 saturated heterocycles. The maximum absolute atomic E-state index is 11.0. The Morgan fingerprint density at radius 2 is 2.09 bits per heavy atom. The fourth-order valence-corrected chi connectivity index (χ4v) is 0.912. The zero-order valence-corrected chi connectivity index (χ0v) is 6.92. The molecule has 0 spiro atoms. The molecule has 1 heterocycles. The molecule has 0 aliphatic carbocycles. The Hall–Kier alpha value is -1.06. The van der Waals surface area contributed by atoms with Gasteiger partial charge in [0.25, 0.3) is 11.9 Å². The van der Waals surface area contributed by atoms with Crippen LogP contribution in [0, 0.1) is 5.41 Å². The molecule has 0 saturated carbocycles. The van der Waals surface area contributed by atoms with Gasteiger partial charge in [0.15, 0.2) is 6.10 Å². The van der Waals surface area contributed by atoms with Gasteiger partial charge in [-0.3, -0.25) is 4.79 Å². The molecule has 0 aromatic carbocycles. The number of nitrogens with zero attached hydrogens (tertiary/aromatic N) is 1. The molecule has 0 bridgehead atoms. The van der Waals surface area contributed by atoms with Gasteiger partial charge in [-0.1, -0.05) is 20.8 Å². The van der Waals surface area contributed by atoms with Crippen LogP contribution in [0.5, 0.6) is 0 Å². The van der Waals surface area contributed by atoms with Gasteiger partial charge in [0.2, 0.25) is 0 Å². The Balaban J connectivity index is 2.75. The lowest BCUT2D eigenvalue weighted by molar-refractivity contribution is -0.126. The summed E-state index contributed by atoms with van der Waals surface area (Å²) in [6.07, 6.45) is -0.512. The lowest BCUT2D eigenvalue weighted by atomic mass is 9.89. The molecular formula is C7H12N2O2. The summed E-state index contributed by atoms with van der Waals surface area (Å²) < 4.78 is 5.02. The molecule has 0 radical (unpaired) electrons. The number of amides is 1. The van der Waals surface area contributed by atoms with Crippen LogP contribution in [0.1, 0.15) is 20.8 Å². The van der Waals surface area contributed by atoms with Crippen molar-refractivity contribution in [3.8, 4) is 0 Å². The first-order valence-corrected chi connectivity index (χ1v) is 3.46. The number of carbonyl (C=O) groups is 1. The van der Waals surface area contributed by atoms with Crippen LogP contribution in [-0.4, -0.2) is 18.0 Å². The zero-order chi connectivity index (χ0) is 8.65. The highest BCUT2D eigenvalue weighted by Gasteiger charge is 2.37. The molecule has 0 fully saturated rings. The number of hydrogen-bond acceptors (Lipinski definition) is 3. The van der Waals surface area contributed by atoms with Gasteiger partial charge in [-0.15, -0.1) is 0 Å². The summed E-state index contributed by atoms with van der Waals surface area (Å²) in [6.45, 7) is 5.72. The van der Waals surface area contributed by atoms with E-state index in [1.807, 2.05) is 20.8 Å². The summed E-state index contributed by atoms with van der Waals surface area (Å²) in [5.41, 5.74) is 4.98. The average Bonchev–Trinajstić information content (AvgIpc) is 2.08. The van der Waals surface area contributed by atoms with Crippen molar-refractivity contribution >= 4 is 11.9 Å². The second kappa shape index (κ2) is 2.22. The van der Waals surface area contributed by atoms with Crippen LogP contribution in [0.4, 0.5) is 0 Å². The first-order chi connectivity index (χ1) is 4.91. The Labute approximate surface area is 65.4 Å². The van der Waals surface area contributed by atoms with E-state index in [9.17, 15) is 4.79 Å². The molecule has 1 atom stereocenters. The topological polar surface area (TPSA) is 64.7 Å². The van der Waals surface area contributed by atoms with Gasteiger partial charge in [0.05, 0.1) is 0 Å². The van der Waals surface area contributed by atoms with Crippen LogP contribution >= 0.6 is 0 Å². The number of aliphatic imine (C=N–C) groups is 1. The van der Waals surface area contributed by atoms with Crippen molar-refractivity contribution in [1.29, 1.82) is 0 Å². The Morgan fingerprint density at radius 3 is 2.27 bits per heavy atom. The number of hydrogen-bond donors (Lipinski definition) is 1. The standard InChI is InChI=1S/C7H12N2O2/c1-7(2,3)4-5(10)9-6(8)11-4/h4H,1-3H3,(H2,8,9,10). The van der Waals surface area contributed by atoms with E-state index in [4.69, 9.17) is 10.5 Å². The molecule has 1 amide bonds. The number of rotatable bonds is 0. The summed E-state index contributed by atoms with van der Waals surface area (Å²) in [4.78, 5) is 14.5. The molecule has 0 aromatic heterocycles. The highest BCUT2D eigenvalue weighted by Crippen LogP contribution is 2.25. The molecule has 1 aliphatic heterocycles. The Morgan fingerprint density at radius 1 is 1.55 bits per heavy atom. The van der Waals surface area contributed by atoms with Crippen molar-refractivity contribution in [3.63, 3.8) is 0 Å². The fraction of sp³-hybridized carbons (Fsp3) is 0.714. The van der Waals surface area contributed by atoms with E-state index in [0.29, 0.717) is 0 Å². The van der Waals surface area contributed by atoms with E-state index in [1.54, 1.807) is 0 Å². The monoisotopic (exact) mass is 156 g/mol. The quantitative estimate of drug-likeness (QED) is 0.547. The number of nitrogens with two attached hydrogens (primary N) is 1. The summed E-state index contributed by atoms with van der Waals surface area (Å²) >= 11 is 0. The summed E-state index contributed by atoms with van der Waals surface area (Å²) in [5.74, 6) is -0.282. The lowest BCUT2D eigenvalue weighted by Gasteiger charge is -2.23. The molecule has 0 aromatic rings. The molecule has 4 heteroatoms. The molecule has 4 nitrogen and oxygen atoms in total. The first-order valence-electron chi connectivity index (χ1n) is 3.46. The van der Waals surface area contributed by atoms with Crippen LogP contribution in [-0.2, 0) is 9.53 Å². The van der Waals surface area contributed by atoms with Crippen LogP contribution < -0.4 is 5.73 Å². The highest BCUT2D eigenvalue weighted by molar-refractivity contribution is 5.98. The Bertz CT molecular complexity index is 215. The Kier molecular flexibility index (Phi) is 1.62. The zero-order valence-electron chi connectivity index (χ0n) is 6.92. The SMILES string of the molecule is CC(C)(C)C1OC(N)=NC1=O. The largest absolute Gasteiger partial charge is 0.451 e. The van der Waals surface area contributed by atoms with Crippen LogP contribution in [0.2, 0.25) is 0 Å². The highest BCUT2D eigenvalue weighted by atomic mass is 16.5. The van der Waals surface area contributed by atoms with E-state index >= 15 is 0 Å². The molecule has 11 heavy (non-hydrogen) atoms. The third-order valence-electron chi connectivity index (χ3n) is 1.47. The van der Waals surface area contributed by atoms with Gasteiger partial charge >= 0.3 is 0 Å². The van der Waals surface area contributed by atoms with E-state index in [-0.39, 0.29) is 17.3 Å². The van der Waals surface area contributed by atoms with E-state index < -0.39 is 6.10 Å². The predicted molar refractivity (Wildman–Crippen MR) is 41.0 cm³/mol. The maximum Gasteiger partial charge on any atom is 0.291 e. The van der Waals surface area contributed by atoms with Crippen molar-refractivity contribution in [2.45, 2.75) is 26.9 Å². The van der Waals surface area contributed by atoms with Gasteiger partial charge in [-0.25, -0.2) is 0 Å². The van der Waals surface area contributed by atoms with Crippen molar-refractivity contribution in [1.82, 2.24) is 0 Å². The van der Waals surface area contributed by atoms with Gasteiger partial charge in [-0.2, -0.15) is 4.99 Å². The minimum atomic E-state index is -0.512. The number of carbonyl (C=O) groups excluding carboxylic acids is 1. The lowest BCUT2D eigenvalue weighted by Crippen LogP contribution is -2.33. The van der Waals surface area contributed by atoms with E-state index in [0.717, 1.165) is 0 Å². The molecule has 62 valence electrons. The minimum Gasteiger partial charge on any atom is -0.451 e. The van der Waals surface area contributed by atoms with Gasteiger partial charge in [0.1, 0.15) is 0 Å². The summed E-state index contributed by atoms with van der Waals surface area (Å²) in [7, 11) is 0. The van der Waals surface area contributed by atoms with Gasteiger partial charge in [-0.05, 0) is 0 Å². The number of ether oxygens (including phenoxy) is 1. The van der Waals surface area contributed by atoms with Crippen molar-refractivity contribution in [2.24, 2.45) is 16.1 Å². The average molecular weight is 156 g/mol. The first kappa shape index (κ1) is 8.04. The third-order valence-corrected chi connectivity index (χ3v) is 1.47. The smallest absolute Gasteiger partial charge is 0.291 e. The molecule has 1 rings (SSSR count). The van der Waals surface area contributed by atoms with Gasteiger partial charge in [0, 0.05) is 5.41 Å². The number of amidine groups is 1. The van der Waals surface area contributed by atoms with Crippen molar-refractivity contribution in [2.75, 3.05) is 0 Å². The molecule has 2 N–H and O–H groups in total. The minimum absolute atomic E-state index is 0.0186. The summed E-state index contributed by atoms with van der Waals surface area (Å²) in [6, 6.07) is -0.0186. The van der Waals surface area contributed by atoms with Crippen LogP contribution in [0.3, 0.4) is 0 Å². The predicted octanol–water partition coefficient (Wildman–Crippen LogP) is 0.273.